The first-order chi connectivity index (χ1) is 15.4. The second kappa shape index (κ2) is 10.5. The van der Waals surface area contributed by atoms with Crippen molar-refractivity contribution in [3.63, 3.8) is 0 Å². The van der Waals surface area contributed by atoms with Crippen LogP contribution >= 0.6 is 0 Å². The van der Waals surface area contributed by atoms with E-state index >= 15 is 0 Å². The number of tetrazole rings is 1. The Morgan fingerprint density at radius 1 is 0.581 bits per heavy atom. The van der Waals surface area contributed by atoms with E-state index in [1.807, 2.05) is 60.7 Å². The summed E-state index contributed by atoms with van der Waals surface area (Å²) in [5, 5.41) is 15.4. The molecule has 5 nitrogen and oxygen atoms in total. The third kappa shape index (κ3) is 5.64. The van der Waals surface area contributed by atoms with Crippen LogP contribution in [0.25, 0.3) is 11.1 Å². The van der Waals surface area contributed by atoms with Crippen LogP contribution in [-0.4, -0.2) is 20.6 Å². The van der Waals surface area contributed by atoms with Gasteiger partial charge in [-0.15, -0.1) is 5.10 Å². The predicted molar refractivity (Wildman–Crippen MR) is 125 cm³/mol. The fourth-order valence-electron chi connectivity index (χ4n) is 3.42. The van der Waals surface area contributed by atoms with Gasteiger partial charge in [0.15, 0.2) is 0 Å². The minimum absolute atomic E-state index is 1.10. The van der Waals surface area contributed by atoms with Crippen molar-refractivity contribution in [3.8, 4) is 11.1 Å². The van der Waals surface area contributed by atoms with Gasteiger partial charge in [0.2, 0.25) is 0 Å². The molecule has 152 valence electrons. The molecule has 5 heteroatoms. The number of nitrogens with zero attached hydrogens (tertiary/aromatic N) is 3. The maximum atomic E-state index is 3.31. The van der Waals surface area contributed by atoms with Gasteiger partial charge in [-0.25, -0.2) is 5.10 Å². The van der Waals surface area contributed by atoms with E-state index in [-0.39, 0.29) is 0 Å². The lowest BCUT2D eigenvalue weighted by molar-refractivity contribution is 0.881. The Morgan fingerprint density at radius 2 is 1.06 bits per heavy atom. The number of hydrogen-bond donors (Lipinski definition) is 2. The van der Waals surface area contributed by atoms with Gasteiger partial charge in [-0.05, 0) is 63.4 Å². The molecule has 1 heterocycles. The molecule has 1 aliphatic carbocycles. The molecule has 0 saturated heterocycles. The molecule has 0 saturated carbocycles. The quantitative estimate of drug-likeness (QED) is 0.377. The molecule has 2 N–H and O–H groups in total. The SMILES string of the molecule is c1ccc(Nc2ccccc2)cc1.c1ccc2c(c1)Cc1ccccc1-2.c1nnn[nH]1. The Labute approximate surface area is 181 Å². The van der Waals surface area contributed by atoms with Gasteiger partial charge < -0.3 is 5.32 Å². The van der Waals surface area contributed by atoms with Crippen molar-refractivity contribution in [2.75, 3.05) is 5.32 Å². The van der Waals surface area contributed by atoms with Gasteiger partial charge >= 0.3 is 0 Å². The molecule has 0 aliphatic heterocycles. The number of rotatable bonds is 2. The summed E-state index contributed by atoms with van der Waals surface area (Å²) in [6.07, 6.45) is 2.51. The van der Waals surface area contributed by atoms with Gasteiger partial charge in [0.05, 0.1) is 0 Å². The first-order valence-corrected chi connectivity index (χ1v) is 10.1. The molecule has 0 fully saturated rings. The highest BCUT2D eigenvalue weighted by Gasteiger charge is 2.15. The van der Waals surface area contributed by atoms with Crippen LogP contribution in [0.4, 0.5) is 11.4 Å². The van der Waals surface area contributed by atoms with Crippen molar-refractivity contribution in [2.45, 2.75) is 6.42 Å². The fourth-order valence-corrected chi connectivity index (χ4v) is 3.42. The molecule has 0 bridgehead atoms. The number of nitrogens with one attached hydrogen (secondary N) is 2. The minimum atomic E-state index is 1.10. The number of anilines is 2. The summed E-state index contributed by atoms with van der Waals surface area (Å²) in [6, 6.07) is 37.6. The van der Waals surface area contributed by atoms with Crippen LogP contribution in [0.1, 0.15) is 11.1 Å². The van der Waals surface area contributed by atoms with Gasteiger partial charge in [0, 0.05) is 11.4 Å². The molecular formula is C26H23N5. The number of para-hydroxylation sites is 2. The standard InChI is InChI=1S/C13H10.C12H11N.CH2N4/c1-3-7-12-10(5-1)9-11-6-2-4-8-13(11)12;1-3-7-11(8-4-1)13-12-9-5-2-6-10-12;1-2-4-5-3-1/h1-8H,9H2;1-10,13H;1H,(H,2,3,4,5). The van der Waals surface area contributed by atoms with Crippen LogP contribution in [-0.2, 0) is 6.42 Å². The maximum absolute atomic E-state index is 3.31. The Morgan fingerprint density at radius 3 is 1.48 bits per heavy atom. The molecule has 0 atom stereocenters. The van der Waals surface area contributed by atoms with E-state index in [0.29, 0.717) is 0 Å². The van der Waals surface area contributed by atoms with E-state index in [9.17, 15) is 0 Å². The number of aromatic nitrogens is 4. The summed E-state index contributed by atoms with van der Waals surface area (Å²) in [6.45, 7) is 0. The molecular weight excluding hydrogens is 382 g/mol. The molecule has 4 aromatic carbocycles. The third-order valence-electron chi connectivity index (χ3n) is 4.81. The molecule has 0 spiro atoms. The summed E-state index contributed by atoms with van der Waals surface area (Å²) < 4.78 is 0. The highest BCUT2D eigenvalue weighted by Crippen LogP contribution is 2.35. The summed E-state index contributed by atoms with van der Waals surface area (Å²) in [5.41, 5.74) is 7.99. The topological polar surface area (TPSA) is 66.5 Å². The van der Waals surface area contributed by atoms with Crippen LogP contribution in [0.2, 0.25) is 0 Å². The number of hydrogen-bond acceptors (Lipinski definition) is 4. The van der Waals surface area contributed by atoms with Gasteiger partial charge in [-0.2, -0.15) is 0 Å². The predicted octanol–water partition coefficient (Wildman–Crippen LogP) is 5.89. The highest BCUT2D eigenvalue weighted by atomic mass is 15.5. The average molecular weight is 406 g/mol. The zero-order valence-corrected chi connectivity index (χ0v) is 17.0. The Bertz CT molecular complexity index is 1070. The zero-order chi connectivity index (χ0) is 21.1. The van der Waals surface area contributed by atoms with Gasteiger partial charge in [-0.3, -0.25) is 0 Å². The van der Waals surface area contributed by atoms with E-state index in [0.717, 1.165) is 17.8 Å². The molecule has 0 radical (unpaired) electrons. The molecule has 0 unspecified atom stereocenters. The smallest absolute Gasteiger partial charge is 0.135 e. The molecule has 31 heavy (non-hydrogen) atoms. The Kier molecular flexibility index (Phi) is 6.79. The van der Waals surface area contributed by atoms with E-state index in [2.05, 4.69) is 74.5 Å². The lowest BCUT2D eigenvalue weighted by atomic mass is 10.1. The summed E-state index contributed by atoms with van der Waals surface area (Å²) in [4.78, 5) is 0. The van der Waals surface area contributed by atoms with Crippen LogP contribution in [0.3, 0.4) is 0 Å². The van der Waals surface area contributed by atoms with Crippen molar-refractivity contribution in [3.05, 3.63) is 127 Å². The zero-order valence-electron chi connectivity index (χ0n) is 17.0. The van der Waals surface area contributed by atoms with Gasteiger partial charge in [0.25, 0.3) is 0 Å². The van der Waals surface area contributed by atoms with E-state index in [1.165, 1.54) is 28.6 Å². The van der Waals surface area contributed by atoms with E-state index in [4.69, 9.17) is 0 Å². The average Bonchev–Trinajstić information content (AvgIpc) is 3.53. The van der Waals surface area contributed by atoms with Crippen LogP contribution < -0.4 is 5.32 Å². The van der Waals surface area contributed by atoms with Crippen LogP contribution in [0.5, 0.6) is 0 Å². The summed E-state index contributed by atoms with van der Waals surface area (Å²) in [5.74, 6) is 0. The monoisotopic (exact) mass is 405 g/mol. The third-order valence-corrected chi connectivity index (χ3v) is 4.81. The molecule has 5 aromatic rings. The molecule has 1 aromatic heterocycles. The van der Waals surface area contributed by atoms with Gasteiger partial charge in [0.1, 0.15) is 6.33 Å². The largest absolute Gasteiger partial charge is 0.356 e. The van der Waals surface area contributed by atoms with Crippen molar-refractivity contribution in [1.29, 1.82) is 0 Å². The fraction of sp³-hybridized carbons (Fsp3) is 0.0385. The number of aromatic amines is 1. The maximum Gasteiger partial charge on any atom is 0.135 e. The molecule has 0 amide bonds. The summed E-state index contributed by atoms with van der Waals surface area (Å²) >= 11 is 0. The second-order valence-electron chi connectivity index (χ2n) is 6.91. The van der Waals surface area contributed by atoms with Crippen molar-refractivity contribution in [2.24, 2.45) is 0 Å². The Hall–Kier alpha value is -4.25. The van der Waals surface area contributed by atoms with Crippen molar-refractivity contribution >= 4 is 11.4 Å². The van der Waals surface area contributed by atoms with Crippen LogP contribution in [0.15, 0.2) is 116 Å². The number of benzene rings is 4. The first kappa shape index (κ1) is 20.0. The second-order valence-corrected chi connectivity index (χ2v) is 6.91. The van der Waals surface area contributed by atoms with Crippen molar-refractivity contribution in [1.82, 2.24) is 20.6 Å². The normalized spacial score (nSPS) is 10.5. The van der Waals surface area contributed by atoms with Crippen molar-refractivity contribution < 1.29 is 0 Å². The van der Waals surface area contributed by atoms with Crippen LogP contribution in [0, 0.1) is 0 Å². The summed E-state index contributed by atoms with van der Waals surface area (Å²) in [7, 11) is 0. The number of H-pyrrole nitrogens is 1. The lowest BCUT2D eigenvalue weighted by Crippen LogP contribution is -1.87. The van der Waals surface area contributed by atoms with E-state index < -0.39 is 0 Å². The van der Waals surface area contributed by atoms with E-state index in [1.54, 1.807) is 0 Å². The first-order valence-electron chi connectivity index (χ1n) is 10.1. The number of fused-ring (bicyclic) bond motifs is 3. The lowest BCUT2D eigenvalue weighted by Gasteiger charge is -2.04. The molecule has 1 aliphatic rings. The highest BCUT2D eigenvalue weighted by molar-refractivity contribution is 5.76. The minimum Gasteiger partial charge on any atom is -0.356 e. The van der Waals surface area contributed by atoms with Gasteiger partial charge in [-0.1, -0.05) is 84.9 Å². The molecule has 6 rings (SSSR count). The Balaban J connectivity index is 0.000000123.